The normalized spacial score (nSPS) is 10.3. The molecule has 1 amide bonds. The third-order valence-electron chi connectivity index (χ3n) is 3.24. The van der Waals surface area contributed by atoms with Gasteiger partial charge in [-0.2, -0.15) is 0 Å². The van der Waals surface area contributed by atoms with Crippen LogP contribution in [0.3, 0.4) is 0 Å². The van der Waals surface area contributed by atoms with Gasteiger partial charge in [0.15, 0.2) is 11.3 Å². The molecule has 0 spiro atoms. The van der Waals surface area contributed by atoms with E-state index in [0.29, 0.717) is 17.8 Å². The summed E-state index contributed by atoms with van der Waals surface area (Å²) in [5, 5.41) is 11.7. The van der Waals surface area contributed by atoms with Crippen molar-refractivity contribution in [2.45, 2.75) is 6.42 Å². The van der Waals surface area contributed by atoms with E-state index < -0.39 is 5.91 Å². The van der Waals surface area contributed by atoms with Crippen molar-refractivity contribution in [3.05, 3.63) is 47.8 Å². The molecular formula is C16H13N5O. The summed E-state index contributed by atoms with van der Waals surface area (Å²) in [5.41, 5.74) is 8.43. The number of anilines is 2. The quantitative estimate of drug-likeness (QED) is 0.640. The summed E-state index contributed by atoms with van der Waals surface area (Å²) in [6, 6.07) is 9.43. The van der Waals surface area contributed by atoms with Crippen LogP contribution in [0.25, 0.3) is 11.0 Å². The molecule has 0 bridgehead atoms. The smallest absolute Gasteiger partial charge is 0.271 e. The number of carbonyl (C=O) groups excluding carboxylic acids is 1. The number of carbonyl (C=O) groups is 1. The van der Waals surface area contributed by atoms with Crippen LogP contribution in [0.5, 0.6) is 0 Å². The Morgan fingerprint density at radius 2 is 2.05 bits per heavy atom. The predicted octanol–water partition coefficient (Wildman–Crippen LogP) is 1.98. The summed E-state index contributed by atoms with van der Waals surface area (Å²) >= 11 is 0. The van der Waals surface area contributed by atoms with Gasteiger partial charge in [-0.1, -0.05) is 12.1 Å². The largest absolute Gasteiger partial charge is 0.364 e. The first-order chi connectivity index (χ1) is 10.7. The standard InChI is InChI=1S/C16H13N5O/c1-2-3-10-4-6-11(7-5-10)19-13-12-8-9-18-16(12)21-20-14(13)15(17)22/h1,4-9H,3H2,(H2,17,22)(H2,18,19,21). The van der Waals surface area contributed by atoms with Gasteiger partial charge in [0.1, 0.15) is 0 Å². The van der Waals surface area contributed by atoms with E-state index in [9.17, 15) is 4.79 Å². The van der Waals surface area contributed by atoms with Crippen LogP contribution in [-0.2, 0) is 6.42 Å². The molecule has 4 N–H and O–H groups in total. The van der Waals surface area contributed by atoms with Gasteiger partial charge >= 0.3 is 0 Å². The number of nitrogens with two attached hydrogens (primary N) is 1. The van der Waals surface area contributed by atoms with E-state index in [2.05, 4.69) is 26.4 Å². The molecule has 0 radical (unpaired) electrons. The second-order valence-electron chi connectivity index (χ2n) is 4.73. The number of aromatic amines is 1. The fourth-order valence-corrected chi connectivity index (χ4v) is 2.19. The van der Waals surface area contributed by atoms with Gasteiger partial charge in [0.2, 0.25) is 0 Å². The summed E-state index contributed by atoms with van der Waals surface area (Å²) in [5.74, 6) is 1.96. The first kappa shape index (κ1) is 13.6. The zero-order valence-electron chi connectivity index (χ0n) is 11.6. The number of terminal acetylenes is 1. The number of fused-ring (bicyclic) bond motifs is 1. The Morgan fingerprint density at radius 3 is 2.73 bits per heavy atom. The van der Waals surface area contributed by atoms with Crippen LogP contribution in [-0.4, -0.2) is 21.1 Å². The van der Waals surface area contributed by atoms with Gasteiger partial charge in [-0.25, -0.2) is 0 Å². The Hall–Kier alpha value is -3.33. The molecule has 0 fully saturated rings. The molecule has 108 valence electrons. The van der Waals surface area contributed by atoms with Crippen molar-refractivity contribution < 1.29 is 4.79 Å². The van der Waals surface area contributed by atoms with E-state index in [0.717, 1.165) is 16.6 Å². The van der Waals surface area contributed by atoms with Crippen LogP contribution in [0.2, 0.25) is 0 Å². The second-order valence-corrected chi connectivity index (χ2v) is 4.73. The van der Waals surface area contributed by atoms with Crippen molar-refractivity contribution in [2.24, 2.45) is 5.73 Å². The highest BCUT2D eigenvalue weighted by molar-refractivity contribution is 6.05. The summed E-state index contributed by atoms with van der Waals surface area (Å²) in [6.07, 6.45) is 7.59. The van der Waals surface area contributed by atoms with Crippen molar-refractivity contribution in [3.8, 4) is 12.3 Å². The van der Waals surface area contributed by atoms with Crippen molar-refractivity contribution in [2.75, 3.05) is 5.32 Å². The molecule has 3 aromatic rings. The van der Waals surface area contributed by atoms with Crippen LogP contribution >= 0.6 is 0 Å². The monoisotopic (exact) mass is 291 g/mol. The highest BCUT2D eigenvalue weighted by Crippen LogP contribution is 2.27. The van der Waals surface area contributed by atoms with Crippen molar-refractivity contribution in [3.63, 3.8) is 0 Å². The number of nitrogens with zero attached hydrogens (tertiary/aromatic N) is 2. The first-order valence-electron chi connectivity index (χ1n) is 6.62. The Balaban J connectivity index is 2.02. The molecular weight excluding hydrogens is 278 g/mol. The van der Waals surface area contributed by atoms with Crippen molar-refractivity contribution >= 4 is 28.3 Å². The van der Waals surface area contributed by atoms with Crippen LogP contribution in [0, 0.1) is 12.3 Å². The molecule has 0 aliphatic rings. The van der Waals surface area contributed by atoms with Crippen molar-refractivity contribution in [1.29, 1.82) is 0 Å². The molecule has 6 heteroatoms. The molecule has 2 heterocycles. The maximum absolute atomic E-state index is 11.6. The zero-order valence-corrected chi connectivity index (χ0v) is 11.6. The SMILES string of the molecule is C#CCc1ccc(Nc2c(C(N)=O)nnc3[nH]ccc23)cc1. The topological polar surface area (TPSA) is 96.7 Å². The summed E-state index contributed by atoms with van der Waals surface area (Å²) in [4.78, 5) is 14.5. The number of hydrogen-bond donors (Lipinski definition) is 3. The molecule has 0 aliphatic carbocycles. The molecule has 6 nitrogen and oxygen atoms in total. The van der Waals surface area contributed by atoms with Gasteiger partial charge in [0.05, 0.1) is 5.69 Å². The van der Waals surface area contributed by atoms with E-state index in [4.69, 9.17) is 12.2 Å². The van der Waals surface area contributed by atoms with E-state index in [1.807, 2.05) is 30.3 Å². The molecule has 3 rings (SSSR count). The lowest BCUT2D eigenvalue weighted by Crippen LogP contribution is -2.16. The van der Waals surface area contributed by atoms with Gasteiger partial charge in [-0.15, -0.1) is 22.5 Å². The van der Waals surface area contributed by atoms with Crippen LogP contribution in [0.15, 0.2) is 36.5 Å². The second kappa shape index (κ2) is 5.58. The summed E-state index contributed by atoms with van der Waals surface area (Å²) in [6.45, 7) is 0. The average Bonchev–Trinajstić information content (AvgIpc) is 2.98. The summed E-state index contributed by atoms with van der Waals surface area (Å²) < 4.78 is 0. The maximum atomic E-state index is 11.6. The number of rotatable bonds is 4. The van der Waals surface area contributed by atoms with Gasteiger partial charge in [-0.05, 0) is 23.8 Å². The van der Waals surface area contributed by atoms with Crippen LogP contribution in [0.4, 0.5) is 11.4 Å². The lowest BCUT2D eigenvalue weighted by atomic mass is 10.1. The maximum Gasteiger partial charge on any atom is 0.271 e. The Morgan fingerprint density at radius 1 is 1.27 bits per heavy atom. The Labute approximate surface area is 126 Å². The van der Waals surface area contributed by atoms with Gasteiger partial charge in [0, 0.05) is 23.7 Å². The van der Waals surface area contributed by atoms with Gasteiger partial charge < -0.3 is 16.0 Å². The van der Waals surface area contributed by atoms with E-state index in [1.54, 1.807) is 6.20 Å². The highest BCUT2D eigenvalue weighted by atomic mass is 16.1. The first-order valence-corrected chi connectivity index (χ1v) is 6.62. The number of hydrogen-bond acceptors (Lipinski definition) is 4. The van der Waals surface area contributed by atoms with E-state index in [1.165, 1.54) is 0 Å². The molecule has 0 unspecified atom stereocenters. The van der Waals surface area contributed by atoms with Gasteiger partial charge in [0.25, 0.3) is 5.91 Å². The molecule has 1 aromatic carbocycles. The fourth-order valence-electron chi connectivity index (χ4n) is 2.19. The molecule has 2 aromatic heterocycles. The molecule has 0 saturated carbocycles. The number of primary amides is 1. The molecule has 22 heavy (non-hydrogen) atoms. The summed E-state index contributed by atoms with van der Waals surface area (Å²) in [7, 11) is 0. The van der Waals surface area contributed by atoms with E-state index in [-0.39, 0.29) is 5.69 Å². The minimum absolute atomic E-state index is 0.0970. The predicted molar refractivity (Wildman–Crippen MR) is 84.7 cm³/mol. The zero-order chi connectivity index (χ0) is 15.5. The minimum Gasteiger partial charge on any atom is -0.364 e. The highest BCUT2D eigenvalue weighted by Gasteiger charge is 2.16. The number of benzene rings is 1. The molecule has 0 atom stereocenters. The third-order valence-corrected chi connectivity index (χ3v) is 3.24. The van der Waals surface area contributed by atoms with Crippen LogP contribution < -0.4 is 11.1 Å². The van der Waals surface area contributed by atoms with E-state index >= 15 is 0 Å². The Kier molecular flexibility index (Phi) is 3.46. The molecule has 0 saturated heterocycles. The minimum atomic E-state index is -0.637. The van der Waals surface area contributed by atoms with Crippen LogP contribution in [0.1, 0.15) is 16.1 Å². The lowest BCUT2D eigenvalue weighted by molar-refractivity contribution is 0.0995. The molecule has 0 aliphatic heterocycles. The van der Waals surface area contributed by atoms with Gasteiger partial charge in [-0.3, -0.25) is 4.79 Å². The lowest BCUT2D eigenvalue weighted by Gasteiger charge is -2.10. The number of amides is 1. The number of nitrogens with one attached hydrogen (secondary N) is 2. The van der Waals surface area contributed by atoms with Crippen molar-refractivity contribution in [1.82, 2.24) is 15.2 Å². The third kappa shape index (κ3) is 2.47. The number of H-pyrrole nitrogens is 1. The average molecular weight is 291 g/mol. The fraction of sp³-hybridized carbons (Fsp3) is 0.0625. The number of aromatic nitrogens is 3. The Bertz CT molecular complexity index is 874.